The van der Waals surface area contributed by atoms with Crippen molar-refractivity contribution in [3.8, 4) is 0 Å². The molecule has 1 aliphatic heterocycles. The predicted molar refractivity (Wildman–Crippen MR) is 137 cm³/mol. The van der Waals surface area contributed by atoms with E-state index >= 15 is 0 Å². The van der Waals surface area contributed by atoms with Crippen molar-refractivity contribution >= 4 is 68.2 Å². The van der Waals surface area contributed by atoms with Crippen LogP contribution in [0.5, 0.6) is 0 Å². The van der Waals surface area contributed by atoms with Gasteiger partial charge in [0.05, 0.1) is 18.0 Å². The number of aliphatic carboxylic acids is 1. The number of halogens is 3. The topological polar surface area (TPSA) is 83.5 Å². The van der Waals surface area contributed by atoms with Gasteiger partial charge in [0.25, 0.3) is 0 Å². The molecule has 2 N–H and O–H groups in total. The van der Waals surface area contributed by atoms with Gasteiger partial charge in [-0.15, -0.1) is 0 Å². The lowest BCUT2D eigenvalue weighted by Gasteiger charge is -2.39. The molecule has 6 nitrogen and oxygen atoms in total. The van der Waals surface area contributed by atoms with Crippen LogP contribution in [0, 0.1) is 0 Å². The Kier molecular flexibility index (Phi) is 9.00. The van der Waals surface area contributed by atoms with Gasteiger partial charge in [-0.05, 0) is 56.2 Å². The second-order valence-electron chi connectivity index (χ2n) is 8.12. The lowest BCUT2D eigenvalue weighted by Crippen LogP contribution is -2.54. The van der Waals surface area contributed by atoms with Gasteiger partial charge in [0.1, 0.15) is 11.4 Å². The van der Waals surface area contributed by atoms with Gasteiger partial charge < -0.3 is 5.11 Å². The summed E-state index contributed by atoms with van der Waals surface area (Å²) in [7, 11) is -3.67. The molecular weight excluding hydrogens is 527 g/mol. The smallest absolute Gasteiger partial charge is 0.310 e. The van der Waals surface area contributed by atoms with E-state index in [2.05, 4.69) is 4.72 Å². The summed E-state index contributed by atoms with van der Waals surface area (Å²) in [6, 6.07) is 11.0. The maximum absolute atomic E-state index is 12.7. The highest BCUT2D eigenvalue weighted by Crippen LogP contribution is 2.44. The van der Waals surface area contributed by atoms with E-state index in [0.29, 0.717) is 38.9 Å². The SMILES string of the molecule is C[C@H](CCC[N+]1(c2cc(Cl)ccc2Cl)CCSC1CC(=O)O)NS(=O)(=O)c1ccc(Cl)cc1. The van der Waals surface area contributed by atoms with Crippen molar-refractivity contribution in [1.82, 2.24) is 9.21 Å². The largest absolute Gasteiger partial charge is 0.481 e. The predicted octanol–water partition coefficient (Wildman–Crippen LogP) is 5.65. The van der Waals surface area contributed by atoms with E-state index < -0.39 is 16.0 Å². The Balaban J connectivity index is 1.74. The molecule has 0 spiro atoms. The molecule has 0 radical (unpaired) electrons. The number of carboxylic acids is 1. The zero-order chi connectivity index (χ0) is 24.2. The van der Waals surface area contributed by atoms with Crippen LogP contribution >= 0.6 is 46.6 Å². The summed E-state index contributed by atoms with van der Waals surface area (Å²) in [4.78, 5) is 11.7. The zero-order valence-electron chi connectivity index (χ0n) is 18.0. The van der Waals surface area contributed by atoms with Gasteiger partial charge >= 0.3 is 5.97 Å². The summed E-state index contributed by atoms with van der Waals surface area (Å²) in [6.45, 7) is 3.17. The maximum Gasteiger partial charge on any atom is 0.310 e. The Hall–Kier alpha value is -1.00. The summed E-state index contributed by atoms with van der Waals surface area (Å²) < 4.78 is 28.4. The number of rotatable bonds is 10. The number of quaternary nitrogens is 1. The number of hydrogen-bond acceptors (Lipinski definition) is 4. The first kappa shape index (κ1) is 26.6. The lowest BCUT2D eigenvalue weighted by molar-refractivity contribution is -0.137. The fraction of sp³-hybridized carbons (Fsp3) is 0.409. The fourth-order valence-corrected chi connectivity index (χ4v) is 7.62. The van der Waals surface area contributed by atoms with Crippen LogP contribution in [0.1, 0.15) is 26.2 Å². The van der Waals surface area contributed by atoms with Crippen LogP contribution in [0.25, 0.3) is 0 Å². The van der Waals surface area contributed by atoms with Gasteiger partial charge in [-0.25, -0.2) is 13.1 Å². The van der Waals surface area contributed by atoms with Crippen molar-refractivity contribution in [3.63, 3.8) is 0 Å². The molecule has 180 valence electrons. The molecular formula is C22H26Cl3N2O4S2+. The average molecular weight is 553 g/mol. The molecule has 0 aromatic heterocycles. The number of carboxylic acid groups (broad SMARTS) is 1. The van der Waals surface area contributed by atoms with Crippen molar-refractivity contribution in [2.45, 2.75) is 42.5 Å². The Labute approximate surface area is 213 Å². The number of nitrogens with one attached hydrogen (secondary N) is 1. The first-order valence-electron chi connectivity index (χ1n) is 10.5. The van der Waals surface area contributed by atoms with Crippen LogP contribution in [0.3, 0.4) is 0 Å². The molecule has 0 saturated carbocycles. The molecule has 1 fully saturated rings. The highest BCUT2D eigenvalue weighted by Gasteiger charge is 2.46. The Morgan fingerprint density at radius 2 is 1.85 bits per heavy atom. The van der Waals surface area contributed by atoms with Crippen LogP contribution in [-0.2, 0) is 14.8 Å². The molecule has 0 bridgehead atoms. The minimum Gasteiger partial charge on any atom is -0.481 e. The first-order chi connectivity index (χ1) is 15.5. The molecule has 2 aromatic rings. The van der Waals surface area contributed by atoms with Crippen LogP contribution in [0.2, 0.25) is 15.1 Å². The third-order valence-electron chi connectivity index (χ3n) is 5.76. The van der Waals surface area contributed by atoms with E-state index in [0.717, 1.165) is 18.0 Å². The van der Waals surface area contributed by atoms with Crippen LogP contribution in [0.4, 0.5) is 5.69 Å². The third kappa shape index (κ3) is 6.57. The van der Waals surface area contributed by atoms with Crippen LogP contribution < -0.4 is 9.21 Å². The second kappa shape index (κ2) is 11.2. The number of thioether (sulfide) groups is 1. The lowest BCUT2D eigenvalue weighted by atomic mass is 10.1. The molecule has 0 aliphatic carbocycles. The number of hydrogen-bond donors (Lipinski definition) is 2. The number of sulfonamides is 1. The van der Waals surface area contributed by atoms with Crippen molar-refractivity contribution in [2.24, 2.45) is 0 Å². The van der Waals surface area contributed by atoms with Crippen molar-refractivity contribution in [2.75, 3.05) is 18.8 Å². The molecule has 1 saturated heterocycles. The standard InChI is InChI=1S/C22H25Cl3N2O4S2/c1-15(26-33(30,31)18-7-4-16(23)5-8-18)3-2-10-27(11-12-32-21(27)14-22(28)29)20-13-17(24)6-9-19(20)25/h4-9,13,15,21,26H,2-3,10-12,14H2,1H3/p+1/t15-,21?,27?/m1/s1. The molecule has 1 heterocycles. The summed E-state index contributed by atoms with van der Waals surface area (Å²) in [6.07, 6.45) is 1.26. The van der Waals surface area contributed by atoms with E-state index in [-0.39, 0.29) is 22.7 Å². The van der Waals surface area contributed by atoms with Gasteiger partial charge in [0.2, 0.25) is 10.0 Å². The minimum absolute atomic E-state index is 0.00621. The molecule has 3 atom stereocenters. The molecule has 0 amide bonds. The van der Waals surface area contributed by atoms with E-state index in [1.807, 2.05) is 13.0 Å². The summed E-state index contributed by atoms with van der Waals surface area (Å²) in [5.74, 6) is -0.0568. The number of nitrogens with zero attached hydrogens (tertiary/aromatic N) is 1. The summed E-state index contributed by atoms with van der Waals surface area (Å²) >= 11 is 20.3. The average Bonchev–Trinajstić information content (AvgIpc) is 3.12. The van der Waals surface area contributed by atoms with Crippen LogP contribution in [-0.4, -0.2) is 49.8 Å². The number of carbonyl (C=O) groups is 1. The highest BCUT2D eigenvalue weighted by molar-refractivity contribution is 8.00. The van der Waals surface area contributed by atoms with E-state index in [9.17, 15) is 18.3 Å². The molecule has 2 unspecified atom stereocenters. The Bertz CT molecular complexity index is 1100. The van der Waals surface area contributed by atoms with Gasteiger partial charge in [0, 0.05) is 27.9 Å². The zero-order valence-corrected chi connectivity index (χ0v) is 21.9. The van der Waals surface area contributed by atoms with Gasteiger partial charge in [-0.2, -0.15) is 0 Å². The van der Waals surface area contributed by atoms with E-state index in [1.165, 1.54) is 24.3 Å². The maximum atomic E-state index is 12.7. The Morgan fingerprint density at radius 3 is 2.52 bits per heavy atom. The summed E-state index contributed by atoms with van der Waals surface area (Å²) in [5.41, 5.74) is 0.815. The summed E-state index contributed by atoms with van der Waals surface area (Å²) in [5, 5.41) is 10.8. The van der Waals surface area contributed by atoms with E-state index in [1.54, 1.807) is 23.9 Å². The molecule has 2 aromatic carbocycles. The third-order valence-corrected chi connectivity index (χ3v) is 9.55. The highest BCUT2D eigenvalue weighted by atomic mass is 35.5. The van der Waals surface area contributed by atoms with Crippen molar-refractivity contribution in [3.05, 3.63) is 57.5 Å². The van der Waals surface area contributed by atoms with Crippen molar-refractivity contribution < 1.29 is 18.3 Å². The minimum atomic E-state index is -3.67. The number of benzene rings is 2. The normalized spacial score (nSPS) is 21.8. The van der Waals surface area contributed by atoms with Crippen molar-refractivity contribution in [1.29, 1.82) is 0 Å². The Morgan fingerprint density at radius 1 is 1.18 bits per heavy atom. The van der Waals surface area contributed by atoms with Crippen LogP contribution in [0.15, 0.2) is 47.4 Å². The molecule has 1 aliphatic rings. The first-order valence-corrected chi connectivity index (χ1v) is 14.1. The molecule has 33 heavy (non-hydrogen) atoms. The quantitative estimate of drug-likeness (QED) is 0.372. The van der Waals surface area contributed by atoms with Gasteiger partial charge in [-0.1, -0.05) is 46.6 Å². The van der Waals surface area contributed by atoms with Gasteiger partial charge in [0.15, 0.2) is 11.1 Å². The fourth-order valence-electron chi connectivity index (χ4n) is 4.19. The monoisotopic (exact) mass is 551 g/mol. The van der Waals surface area contributed by atoms with E-state index in [4.69, 9.17) is 34.8 Å². The molecule has 3 rings (SSSR count). The molecule has 11 heteroatoms. The van der Waals surface area contributed by atoms with Gasteiger partial charge in [-0.3, -0.25) is 9.28 Å². The second-order valence-corrected chi connectivity index (χ2v) is 12.4.